The lowest BCUT2D eigenvalue weighted by atomic mass is 9.92. The first-order valence-corrected chi connectivity index (χ1v) is 7.81. The van der Waals surface area contributed by atoms with Gasteiger partial charge in [0.15, 0.2) is 0 Å². The number of nitrogens with one attached hydrogen (secondary N) is 2. The molecular weight excluding hydrogens is 266 g/mol. The topological polar surface area (TPSA) is 72.0 Å². The second kappa shape index (κ2) is 8.64. The van der Waals surface area contributed by atoms with Crippen molar-refractivity contribution < 1.29 is 4.74 Å². The van der Waals surface area contributed by atoms with Crippen LogP contribution >= 0.6 is 0 Å². The number of rotatable bonds is 9. The van der Waals surface area contributed by atoms with Crippen LogP contribution < -0.4 is 15.4 Å². The van der Waals surface area contributed by atoms with Crippen LogP contribution in [-0.4, -0.2) is 34.6 Å². The molecule has 6 heteroatoms. The van der Waals surface area contributed by atoms with E-state index >= 15 is 0 Å². The molecule has 0 unspecified atom stereocenters. The standard InChI is InChI=1S/C15H29N5O/c1-6-9-16-12-18-13(17-10-8-15(3,4)5)20-14(19-12)21-11-7-2/h6-11H2,1-5H3,(H2,16,17,18,19,20). The molecule has 0 aliphatic heterocycles. The highest BCUT2D eigenvalue weighted by atomic mass is 16.5. The number of ether oxygens (including phenoxy) is 1. The molecule has 1 aromatic rings. The van der Waals surface area contributed by atoms with Crippen molar-refractivity contribution in [1.82, 2.24) is 15.0 Å². The molecule has 0 amide bonds. The van der Waals surface area contributed by atoms with Crippen LogP contribution in [0.25, 0.3) is 0 Å². The van der Waals surface area contributed by atoms with Gasteiger partial charge in [0.25, 0.3) is 0 Å². The van der Waals surface area contributed by atoms with E-state index in [0.29, 0.717) is 24.5 Å². The summed E-state index contributed by atoms with van der Waals surface area (Å²) in [4.78, 5) is 12.9. The van der Waals surface area contributed by atoms with Crippen molar-refractivity contribution >= 4 is 11.9 Å². The number of nitrogens with zero attached hydrogens (tertiary/aromatic N) is 3. The third-order valence-corrected chi connectivity index (χ3v) is 2.74. The Balaban J connectivity index is 2.70. The van der Waals surface area contributed by atoms with E-state index < -0.39 is 0 Å². The molecule has 0 radical (unpaired) electrons. The van der Waals surface area contributed by atoms with Gasteiger partial charge >= 0.3 is 6.01 Å². The molecule has 0 aromatic carbocycles. The van der Waals surface area contributed by atoms with Gasteiger partial charge < -0.3 is 15.4 Å². The third kappa shape index (κ3) is 7.68. The minimum atomic E-state index is 0.283. The maximum absolute atomic E-state index is 5.52. The SMILES string of the molecule is CCCNc1nc(NCCC(C)(C)C)nc(OCCC)n1. The molecular formula is C15H29N5O. The van der Waals surface area contributed by atoms with Crippen molar-refractivity contribution in [3.05, 3.63) is 0 Å². The highest BCUT2D eigenvalue weighted by molar-refractivity contribution is 5.35. The Bertz CT molecular complexity index is 391. The van der Waals surface area contributed by atoms with E-state index in [4.69, 9.17) is 4.74 Å². The molecule has 1 aromatic heterocycles. The van der Waals surface area contributed by atoms with Crippen molar-refractivity contribution in [3.63, 3.8) is 0 Å². The molecule has 0 aliphatic rings. The zero-order valence-corrected chi connectivity index (χ0v) is 14.0. The quantitative estimate of drug-likeness (QED) is 0.728. The molecule has 120 valence electrons. The smallest absolute Gasteiger partial charge is 0.323 e. The Morgan fingerprint density at radius 3 is 2.05 bits per heavy atom. The molecule has 21 heavy (non-hydrogen) atoms. The van der Waals surface area contributed by atoms with Crippen LogP contribution in [0.4, 0.5) is 11.9 Å². The van der Waals surface area contributed by atoms with Gasteiger partial charge in [0.2, 0.25) is 11.9 Å². The second-order valence-corrected chi connectivity index (χ2v) is 6.28. The Morgan fingerprint density at radius 1 is 0.905 bits per heavy atom. The molecule has 6 nitrogen and oxygen atoms in total. The van der Waals surface area contributed by atoms with Gasteiger partial charge in [0.1, 0.15) is 0 Å². The van der Waals surface area contributed by atoms with Gasteiger partial charge in [-0.05, 0) is 24.7 Å². The Labute approximate surface area is 128 Å². The van der Waals surface area contributed by atoms with E-state index in [1.807, 2.05) is 0 Å². The van der Waals surface area contributed by atoms with Gasteiger partial charge in [0, 0.05) is 13.1 Å². The van der Waals surface area contributed by atoms with E-state index in [0.717, 1.165) is 32.4 Å². The molecule has 0 spiro atoms. The summed E-state index contributed by atoms with van der Waals surface area (Å²) in [7, 11) is 0. The first-order valence-electron chi connectivity index (χ1n) is 7.81. The molecule has 0 saturated carbocycles. The van der Waals surface area contributed by atoms with Crippen LogP contribution in [0.5, 0.6) is 6.01 Å². The molecule has 2 N–H and O–H groups in total. The molecule has 0 fully saturated rings. The molecule has 1 heterocycles. The molecule has 0 aliphatic carbocycles. The summed E-state index contributed by atoms with van der Waals surface area (Å²) in [6.45, 7) is 13.1. The van der Waals surface area contributed by atoms with Gasteiger partial charge in [-0.2, -0.15) is 15.0 Å². The van der Waals surface area contributed by atoms with Crippen LogP contribution in [-0.2, 0) is 0 Å². The minimum absolute atomic E-state index is 0.283. The summed E-state index contributed by atoms with van der Waals surface area (Å²) < 4.78 is 5.52. The normalized spacial score (nSPS) is 11.3. The van der Waals surface area contributed by atoms with E-state index in [2.05, 4.69) is 60.2 Å². The van der Waals surface area contributed by atoms with E-state index in [1.54, 1.807) is 0 Å². The lowest BCUT2D eigenvalue weighted by Gasteiger charge is -2.18. The number of aromatic nitrogens is 3. The third-order valence-electron chi connectivity index (χ3n) is 2.74. The van der Waals surface area contributed by atoms with Crippen LogP contribution in [0.1, 0.15) is 53.9 Å². The maximum Gasteiger partial charge on any atom is 0.323 e. The van der Waals surface area contributed by atoms with Gasteiger partial charge in [-0.1, -0.05) is 34.6 Å². The van der Waals surface area contributed by atoms with Crippen LogP contribution in [0.2, 0.25) is 0 Å². The predicted molar refractivity (Wildman–Crippen MR) is 87.0 cm³/mol. The lowest BCUT2D eigenvalue weighted by Crippen LogP contribution is -2.16. The van der Waals surface area contributed by atoms with Crippen molar-refractivity contribution in [3.8, 4) is 6.01 Å². The first kappa shape index (κ1) is 17.5. The first-order chi connectivity index (χ1) is 9.94. The van der Waals surface area contributed by atoms with E-state index in [1.165, 1.54) is 0 Å². The fourth-order valence-corrected chi connectivity index (χ4v) is 1.56. The van der Waals surface area contributed by atoms with Crippen molar-refractivity contribution in [2.24, 2.45) is 5.41 Å². The van der Waals surface area contributed by atoms with E-state index in [9.17, 15) is 0 Å². The second-order valence-electron chi connectivity index (χ2n) is 6.28. The molecule has 0 bridgehead atoms. The summed E-state index contributed by atoms with van der Waals surface area (Å²) in [5, 5.41) is 6.43. The fraction of sp³-hybridized carbons (Fsp3) is 0.800. The lowest BCUT2D eigenvalue weighted by molar-refractivity contribution is 0.292. The number of hydrogen-bond acceptors (Lipinski definition) is 6. The van der Waals surface area contributed by atoms with Crippen LogP contribution in [0, 0.1) is 5.41 Å². The Kier molecular flexibility index (Phi) is 7.19. The highest BCUT2D eigenvalue weighted by Gasteiger charge is 2.11. The zero-order valence-electron chi connectivity index (χ0n) is 14.0. The van der Waals surface area contributed by atoms with Gasteiger partial charge in [-0.3, -0.25) is 0 Å². The van der Waals surface area contributed by atoms with Crippen molar-refractivity contribution in [2.45, 2.75) is 53.9 Å². The van der Waals surface area contributed by atoms with Crippen molar-refractivity contribution in [1.29, 1.82) is 0 Å². The summed E-state index contributed by atoms with van der Waals surface area (Å²) >= 11 is 0. The number of hydrogen-bond donors (Lipinski definition) is 2. The highest BCUT2D eigenvalue weighted by Crippen LogP contribution is 2.18. The summed E-state index contributed by atoms with van der Waals surface area (Å²) in [6, 6.07) is 0.378. The minimum Gasteiger partial charge on any atom is -0.463 e. The molecule has 1 rings (SSSR count). The average Bonchev–Trinajstić information content (AvgIpc) is 2.41. The van der Waals surface area contributed by atoms with E-state index in [-0.39, 0.29) is 5.41 Å². The largest absolute Gasteiger partial charge is 0.463 e. The van der Waals surface area contributed by atoms with Gasteiger partial charge in [-0.15, -0.1) is 0 Å². The summed E-state index contributed by atoms with van der Waals surface area (Å²) in [6.07, 6.45) is 2.99. The summed E-state index contributed by atoms with van der Waals surface area (Å²) in [5.41, 5.74) is 0.283. The zero-order chi connectivity index (χ0) is 15.7. The fourth-order valence-electron chi connectivity index (χ4n) is 1.56. The molecule has 0 saturated heterocycles. The van der Waals surface area contributed by atoms with Gasteiger partial charge in [0.05, 0.1) is 6.61 Å². The van der Waals surface area contributed by atoms with Crippen LogP contribution in [0.15, 0.2) is 0 Å². The van der Waals surface area contributed by atoms with Crippen LogP contribution in [0.3, 0.4) is 0 Å². The van der Waals surface area contributed by atoms with Crippen molar-refractivity contribution in [2.75, 3.05) is 30.3 Å². The Morgan fingerprint density at radius 2 is 1.52 bits per heavy atom. The predicted octanol–water partition coefficient (Wildman–Crippen LogP) is 3.33. The monoisotopic (exact) mass is 295 g/mol. The molecule has 0 atom stereocenters. The maximum atomic E-state index is 5.52. The number of anilines is 2. The average molecular weight is 295 g/mol. The van der Waals surface area contributed by atoms with Gasteiger partial charge in [-0.25, -0.2) is 0 Å². The summed E-state index contributed by atoms with van der Waals surface area (Å²) in [5.74, 6) is 1.13. The Hall–Kier alpha value is -1.59.